The Bertz CT molecular complexity index is 1290. The van der Waals surface area contributed by atoms with Crippen molar-refractivity contribution in [3.8, 4) is 17.1 Å². The van der Waals surface area contributed by atoms with Crippen LogP contribution < -0.4 is 5.32 Å². The van der Waals surface area contributed by atoms with Gasteiger partial charge in [0.05, 0.1) is 23.5 Å². The highest BCUT2D eigenvalue weighted by molar-refractivity contribution is 7.99. The lowest BCUT2D eigenvalue weighted by Crippen LogP contribution is -2.15. The van der Waals surface area contributed by atoms with Gasteiger partial charge in [-0.3, -0.25) is 19.5 Å². The van der Waals surface area contributed by atoms with Crippen molar-refractivity contribution in [3.63, 3.8) is 0 Å². The quantitative estimate of drug-likeness (QED) is 0.224. The van der Waals surface area contributed by atoms with Crippen LogP contribution in [0.5, 0.6) is 5.75 Å². The van der Waals surface area contributed by atoms with Crippen molar-refractivity contribution in [2.45, 2.75) is 18.6 Å². The van der Waals surface area contributed by atoms with Gasteiger partial charge in [0, 0.05) is 22.9 Å². The second-order valence-corrected chi connectivity index (χ2v) is 8.06. The number of anilines is 1. The van der Waals surface area contributed by atoms with Gasteiger partial charge in [-0.2, -0.15) is 0 Å². The van der Waals surface area contributed by atoms with Crippen molar-refractivity contribution in [2.24, 2.45) is 0 Å². The highest BCUT2D eigenvalue weighted by atomic mass is 32.2. The molecule has 4 aromatic rings. The van der Waals surface area contributed by atoms with Gasteiger partial charge in [-0.05, 0) is 49.4 Å². The third kappa shape index (κ3) is 5.21. The number of rotatable bonds is 8. The number of aromatic nitrogens is 3. The number of carbonyl (C=O) groups is 1. The van der Waals surface area contributed by atoms with Crippen LogP contribution in [0.4, 0.5) is 11.4 Å². The number of phenols is 1. The van der Waals surface area contributed by atoms with Gasteiger partial charge < -0.3 is 14.8 Å². The number of nitrogens with one attached hydrogen (secondary N) is 1. The third-order valence-electron chi connectivity index (χ3n) is 4.76. The number of benzene rings is 2. The lowest BCUT2D eigenvalue weighted by molar-refractivity contribution is -0.385. The van der Waals surface area contributed by atoms with Crippen LogP contribution in [0.2, 0.25) is 0 Å². The summed E-state index contributed by atoms with van der Waals surface area (Å²) in [5, 5.41) is 32.4. The van der Waals surface area contributed by atoms with E-state index in [2.05, 4.69) is 15.5 Å². The minimum atomic E-state index is -0.484. The number of aryl methyl sites for hydroxylation is 1. The maximum atomic E-state index is 12.5. The Balaban J connectivity index is 1.51. The third-order valence-corrected chi connectivity index (χ3v) is 5.73. The molecule has 0 unspecified atom stereocenters. The molecule has 0 atom stereocenters. The van der Waals surface area contributed by atoms with E-state index in [0.29, 0.717) is 34.5 Å². The molecule has 0 saturated heterocycles. The van der Waals surface area contributed by atoms with E-state index in [9.17, 15) is 20.0 Å². The Labute approximate surface area is 192 Å². The van der Waals surface area contributed by atoms with Gasteiger partial charge in [-0.1, -0.05) is 17.8 Å². The summed E-state index contributed by atoms with van der Waals surface area (Å²) in [7, 11) is 0. The lowest BCUT2D eigenvalue weighted by atomic mass is 10.2. The molecule has 0 aliphatic rings. The van der Waals surface area contributed by atoms with Gasteiger partial charge >= 0.3 is 0 Å². The molecule has 2 aromatic heterocycles. The molecule has 0 aliphatic carbocycles. The zero-order chi connectivity index (χ0) is 23.4. The number of nitrogens with zero attached hydrogens (tertiary/aromatic N) is 4. The molecule has 0 radical (unpaired) electrons. The predicted molar refractivity (Wildman–Crippen MR) is 122 cm³/mol. The van der Waals surface area contributed by atoms with Crippen molar-refractivity contribution in [3.05, 3.63) is 82.3 Å². The molecule has 33 heavy (non-hydrogen) atoms. The summed E-state index contributed by atoms with van der Waals surface area (Å²) in [6.45, 7) is 1.99. The van der Waals surface area contributed by atoms with Crippen molar-refractivity contribution >= 4 is 29.0 Å². The molecule has 2 aromatic carbocycles. The number of nitro benzene ring substituents is 1. The van der Waals surface area contributed by atoms with Crippen LogP contribution in [0.15, 0.2) is 70.4 Å². The largest absolute Gasteiger partial charge is 0.508 e. The van der Waals surface area contributed by atoms with Crippen molar-refractivity contribution in [2.75, 3.05) is 11.1 Å². The molecule has 168 valence electrons. The molecule has 0 aliphatic heterocycles. The number of aromatic hydroxyl groups is 1. The van der Waals surface area contributed by atoms with E-state index in [1.54, 1.807) is 55.7 Å². The van der Waals surface area contributed by atoms with Crippen molar-refractivity contribution in [1.82, 2.24) is 14.8 Å². The van der Waals surface area contributed by atoms with Crippen LogP contribution in [-0.4, -0.2) is 36.5 Å². The zero-order valence-electron chi connectivity index (χ0n) is 17.5. The van der Waals surface area contributed by atoms with Crippen LogP contribution in [0.3, 0.4) is 0 Å². The van der Waals surface area contributed by atoms with E-state index >= 15 is 0 Å². The Kier molecular flexibility index (Phi) is 6.41. The summed E-state index contributed by atoms with van der Waals surface area (Å²) in [4.78, 5) is 23.1. The lowest BCUT2D eigenvalue weighted by Gasteiger charge is -2.09. The standard InChI is InChI=1S/C22H19N5O5S/c1-14-4-7-16(11-19(14)27(30)31)23-20(29)13-33-22-25-24-21(15-5-8-17(28)9-6-15)26(22)12-18-3-2-10-32-18/h2-11,28H,12-13H2,1H3,(H,23,29). The number of carbonyl (C=O) groups excluding carboxylic acids is 1. The van der Waals surface area contributed by atoms with Crippen LogP contribution in [0.1, 0.15) is 11.3 Å². The number of hydrogen-bond donors (Lipinski definition) is 2. The van der Waals surface area contributed by atoms with E-state index in [1.165, 1.54) is 17.8 Å². The molecule has 0 bridgehead atoms. The first kappa shape index (κ1) is 22.1. The van der Waals surface area contributed by atoms with Crippen LogP contribution >= 0.6 is 11.8 Å². The number of phenolic OH excluding ortho intramolecular Hbond substituents is 1. The van der Waals surface area contributed by atoms with E-state index in [0.717, 1.165) is 5.56 Å². The molecule has 0 spiro atoms. The zero-order valence-corrected chi connectivity index (χ0v) is 18.3. The Morgan fingerprint density at radius 3 is 2.70 bits per heavy atom. The van der Waals surface area contributed by atoms with E-state index in [4.69, 9.17) is 4.42 Å². The normalized spacial score (nSPS) is 10.8. The average Bonchev–Trinajstić information content (AvgIpc) is 3.44. The first-order valence-corrected chi connectivity index (χ1v) is 10.8. The summed E-state index contributed by atoms with van der Waals surface area (Å²) < 4.78 is 7.28. The Morgan fingerprint density at radius 1 is 1.21 bits per heavy atom. The fourth-order valence-electron chi connectivity index (χ4n) is 3.13. The molecule has 10 nitrogen and oxygen atoms in total. The van der Waals surface area contributed by atoms with Gasteiger partial charge in [0.1, 0.15) is 11.5 Å². The molecular weight excluding hydrogens is 446 g/mol. The fraction of sp³-hybridized carbons (Fsp3) is 0.136. The van der Waals surface area contributed by atoms with E-state index in [-0.39, 0.29) is 23.1 Å². The van der Waals surface area contributed by atoms with Crippen LogP contribution in [-0.2, 0) is 11.3 Å². The molecule has 2 heterocycles. The topological polar surface area (TPSA) is 136 Å². The second-order valence-electron chi connectivity index (χ2n) is 7.11. The predicted octanol–water partition coefficient (Wildman–Crippen LogP) is 4.24. The fourth-order valence-corrected chi connectivity index (χ4v) is 3.87. The number of amides is 1. The first-order chi connectivity index (χ1) is 15.9. The van der Waals surface area contributed by atoms with Crippen molar-refractivity contribution < 1.29 is 19.2 Å². The number of thioether (sulfide) groups is 1. The summed E-state index contributed by atoms with van der Waals surface area (Å²) in [5.74, 6) is 1.07. The molecular formula is C22H19N5O5S. The van der Waals surface area contributed by atoms with Gasteiger partial charge in [0.25, 0.3) is 5.69 Å². The molecule has 2 N–H and O–H groups in total. The minimum Gasteiger partial charge on any atom is -0.508 e. The highest BCUT2D eigenvalue weighted by Crippen LogP contribution is 2.27. The molecule has 4 rings (SSSR count). The second kappa shape index (κ2) is 9.57. The first-order valence-electron chi connectivity index (χ1n) is 9.83. The maximum Gasteiger partial charge on any atom is 0.274 e. The van der Waals surface area contributed by atoms with Gasteiger partial charge in [0.15, 0.2) is 11.0 Å². The van der Waals surface area contributed by atoms with Gasteiger partial charge in [0.2, 0.25) is 5.91 Å². The Morgan fingerprint density at radius 2 is 2.00 bits per heavy atom. The molecule has 1 amide bonds. The van der Waals surface area contributed by atoms with Gasteiger partial charge in [-0.15, -0.1) is 10.2 Å². The minimum absolute atomic E-state index is 0.0214. The summed E-state index contributed by atoms with van der Waals surface area (Å²) in [5.41, 5.74) is 1.55. The van der Waals surface area contributed by atoms with Crippen LogP contribution in [0.25, 0.3) is 11.4 Å². The van der Waals surface area contributed by atoms with Crippen LogP contribution in [0, 0.1) is 17.0 Å². The Hall–Kier alpha value is -4.12. The smallest absolute Gasteiger partial charge is 0.274 e. The average molecular weight is 465 g/mol. The number of hydrogen-bond acceptors (Lipinski definition) is 8. The van der Waals surface area contributed by atoms with Gasteiger partial charge in [-0.25, -0.2) is 0 Å². The monoisotopic (exact) mass is 465 g/mol. The number of nitro groups is 1. The summed E-state index contributed by atoms with van der Waals surface area (Å²) >= 11 is 1.18. The van der Waals surface area contributed by atoms with Crippen molar-refractivity contribution in [1.29, 1.82) is 0 Å². The highest BCUT2D eigenvalue weighted by Gasteiger charge is 2.18. The van der Waals surface area contributed by atoms with E-state index in [1.807, 2.05) is 10.6 Å². The van der Waals surface area contributed by atoms with E-state index < -0.39 is 4.92 Å². The maximum absolute atomic E-state index is 12.5. The molecule has 0 saturated carbocycles. The summed E-state index contributed by atoms with van der Waals surface area (Å²) in [6, 6.07) is 14.7. The summed E-state index contributed by atoms with van der Waals surface area (Å²) in [6.07, 6.45) is 1.57. The molecule has 0 fully saturated rings. The molecule has 11 heteroatoms. The SMILES string of the molecule is Cc1ccc(NC(=O)CSc2nnc(-c3ccc(O)cc3)n2Cc2ccco2)cc1[N+](=O)[O-]. The number of furan rings is 1.